The molecule has 2 amide bonds. The van der Waals surface area contributed by atoms with Gasteiger partial charge in [-0.15, -0.1) is 0 Å². The lowest BCUT2D eigenvalue weighted by molar-refractivity contribution is -0.123. The lowest BCUT2D eigenvalue weighted by Crippen LogP contribution is -2.34. The van der Waals surface area contributed by atoms with E-state index >= 15 is 0 Å². The number of ether oxygens (including phenoxy) is 1. The van der Waals surface area contributed by atoms with Crippen LogP contribution in [0, 0.1) is 0 Å². The van der Waals surface area contributed by atoms with Crippen LogP contribution in [-0.4, -0.2) is 36.6 Å². The van der Waals surface area contributed by atoms with Crippen molar-refractivity contribution in [1.29, 1.82) is 0 Å². The van der Waals surface area contributed by atoms with Gasteiger partial charge in [-0.3, -0.25) is 9.59 Å². The fraction of sp³-hybridized carbons (Fsp3) is 0.294. The Morgan fingerprint density at radius 3 is 2.42 bits per heavy atom. The number of halogens is 3. The van der Waals surface area contributed by atoms with Crippen molar-refractivity contribution in [1.82, 2.24) is 15.6 Å². The highest BCUT2D eigenvalue weighted by Gasteiger charge is 2.29. The highest BCUT2D eigenvalue weighted by molar-refractivity contribution is 5.99. The van der Waals surface area contributed by atoms with Crippen LogP contribution in [0.25, 0.3) is 0 Å². The van der Waals surface area contributed by atoms with E-state index in [-0.39, 0.29) is 17.1 Å². The Hall–Kier alpha value is -2.97. The van der Waals surface area contributed by atoms with E-state index in [0.717, 1.165) is 5.56 Å². The molecule has 0 aliphatic heterocycles. The summed E-state index contributed by atoms with van der Waals surface area (Å²) in [6.07, 6.45) is -4.98. The van der Waals surface area contributed by atoms with Gasteiger partial charge in [-0.05, 0) is 12.5 Å². The van der Waals surface area contributed by atoms with E-state index in [1.807, 2.05) is 30.3 Å². The van der Waals surface area contributed by atoms with Gasteiger partial charge < -0.3 is 20.4 Å². The molecule has 1 aromatic carbocycles. The Balaban J connectivity index is 2.23. The molecule has 0 aliphatic carbocycles. The van der Waals surface area contributed by atoms with Crippen LogP contribution >= 0.6 is 0 Å². The van der Waals surface area contributed by atoms with Gasteiger partial charge in [0.1, 0.15) is 24.0 Å². The summed E-state index contributed by atoms with van der Waals surface area (Å²) in [6, 6.07) is 10.3. The predicted octanol–water partition coefficient (Wildman–Crippen LogP) is 2.81. The number of rotatable bonds is 6. The molecule has 0 bridgehead atoms. The Morgan fingerprint density at radius 1 is 1.19 bits per heavy atom. The number of benzene rings is 1. The smallest absolute Gasteiger partial charge is 0.405 e. The first-order valence-corrected chi connectivity index (χ1v) is 7.73. The molecule has 26 heavy (non-hydrogen) atoms. The fourth-order valence-corrected chi connectivity index (χ4v) is 2.20. The molecule has 3 N–H and O–H groups in total. The Morgan fingerprint density at radius 2 is 1.85 bits per heavy atom. The number of alkyl halides is 3. The van der Waals surface area contributed by atoms with Gasteiger partial charge in [0.25, 0.3) is 11.8 Å². The van der Waals surface area contributed by atoms with Crippen molar-refractivity contribution in [2.24, 2.45) is 0 Å². The number of carbonyl (C=O) groups excluding carboxylic acids is 2. The number of amides is 2. The average molecular weight is 369 g/mol. The molecule has 9 heteroatoms. The van der Waals surface area contributed by atoms with E-state index in [9.17, 15) is 22.8 Å². The molecule has 0 aliphatic rings. The molecule has 2 rings (SSSR count). The topological polar surface area (TPSA) is 83.2 Å². The second-order valence-corrected chi connectivity index (χ2v) is 5.47. The summed E-state index contributed by atoms with van der Waals surface area (Å²) in [7, 11) is 1.39. The van der Waals surface area contributed by atoms with E-state index in [1.165, 1.54) is 13.1 Å². The SMILES string of the molecule is CNC(=O)c1[nH]c(C(=O)NCC(F)(F)F)cc1O[C@@H](C)c1ccccc1. The van der Waals surface area contributed by atoms with Gasteiger partial charge in [0.2, 0.25) is 0 Å². The fourth-order valence-electron chi connectivity index (χ4n) is 2.20. The van der Waals surface area contributed by atoms with Gasteiger partial charge in [0.05, 0.1) is 0 Å². The van der Waals surface area contributed by atoms with Crippen LogP contribution in [0.5, 0.6) is 5.75 Å². The standard InChI is InChI=1S/C17H18F3N3O3/c1-10(11-6-4-3-5-7-11)26-13-8-12(23-14(13)16(25)21-2)15(24)22-9-17(18,19)20/h3-8,10,23H,9H2,1-2H3,(H,21,25)(H,22,24)/t10-/m0/s1. The molecule has 0 saturated carbocycles. The Bertz CT molecular complexity index is 773. The lowest BCUT2D eigenvalue weighted by Gasteiger charge is -2.14. The predicted molar refractivity (Wildman–Crippen MR) is 88.1 cm³/mol. The van der Waals surface area contributed by atoms with E-state index in [2.05, 4.69) is 10.3 Å². The van der Waals surface area contributed by atoms with Crippen molar-refractivity contribution in [2.45, 2.75) is 19.2 Å². The van der Waals surface area contributed by atoms with Crippen LogP contribution in [0.3, 0.4) is 0 Å². The third-order valence-electron chi connectivity index (χ3n) is 3.50. The largest absolute Gasteiger partial charge is 0.484 e. The Labute approximate surface area is 147 Å². The van der Waals surface area contributed by atoms with Crippen LogP contribution in [-0.2, 0) is 0 Å². The molecule has 6 nitrogen and oxygen atoms in total. The minimum Gasteiger partial charge on any atom is -0.484 e. The third-order valence-corrected chi connectivity index (χ3v) is 3.50. The second-order valence-electron chi connectivity index (χ2n) is 5.47. The van der Waals surface area contributed by atoms with Crippen molar-refractivity contribution in [2.75, 3.05) is 13.6 Å². The first-order chi connectivity index (χ1) is 12.2. The summed E-state index contributed by atoms with van der Waals surface area (Å²) >= 11 is 0. The number of H-pyrrole nitrogens is 1. The maximum absolute atomic E-state index is 12.2. The number of hydrogen-bond acceptors (Lipinski definition) is 3. The second kappa shape index (κ2) is 7.94. The minimum atomic E-state index is -4.53. The minimum absolute atomic E-state index is 0.0487. The zero-order valence-electron chi connectivity index (χ0n) is 14.1. The number of hydrogen-bond donors (Lipinski definition) is 3. The van der Waals surface area contributed by atoms with Gasteiger partial charge in [0, 0.05) is 13.1 Å². The van der Waals surface area contributed by atoms with Crippen LogP contribution < -0.4 is 15.4 Å². The van der Waals surface area contributed by atoms with Gasteiger partial charge in [0.15, 0.2) is 5.75 Å². The van der Waals surface area contributed by atoms with Crippen molar-refractivity contribution >= 4 is 11.8 Å². The van der Waals surface area contributed by atoms with E-state index in [0.29, 0.717) is 0 Å². The summed E-state index contributed by atoms with van der Waals surface area (Å²) in [5, 5.41) is 4.12. The monoisotopic (exact) mass is 369 g/mol. The van der Waals surface area contributed by atoms with Crippen molar-refractivity contribution < 1.29 is 27.5 Å². The van der Waals surface area contributed by atoms with Crippen LogP contribution in [0.1, 0.15) is 39.6 Å². The molecule has 1 aromatic heterocycles. The van der Waals surface area contributed by atoms with Gasteiger partial charge in [-0.25, -0.2) is 0 Å². The normalized spacial score (nSPS) is 12.3. The quantitative estimate of drug-likeness (QED) is 0.732. The highest BCUT2D eigenvalue weighted by Crippen LogP contribution is 2.26. The van der Waals surface area contributed by atoms with Crippen molar-refractivity contribution in [3.05, 3.63) is 53.3 Å². The van der Waals surface area contributed by atoms with Crippen molar-refractivity contribution in [3.8, 4) is 5.75 Å². The summed E-state index contributed by atoms with van der Waals surface area (Å²) in [4.78, 5) is 26.4. The van der Waals surface area contributed by atoms with Crippen LogP contribution in [0.15, 0.2) is 36.4 Å². The lowest BCUT2D eigenvalue weighted by atomic mass is 10.1. The van der Waals surface area contributed by atoms with E-state index in [4.69, 9.17) is 4.74 Å². The maximum atomic E-state index is 12.2. The number of carbonyl (C=O) groups is 2. The molecule has 0 saturated heterocycles. The average Bonchev–Trinajstić information content (AvgIpc) is 3.03. The first kappa shape index (κ1) is 19.4. The highest BCUT2D eigenvalue weighted by atomic mass is 19.4. The molecule has 1 heterocycles. The van der Waals surface area contributed by atoms with Crippen LogP contribution in [0.4, 0.5) is 13.2 Å². The zero-order chi connectivity index (χ0) is 19.3. The molecule has 140 valence electrons. The summed E-state index contributed by atoms with van der Waals surface area (Å²) in [5.41, 5.74) is 0.579. The first-order valence-electron chi connectivity index (χ1n) is 7.73. The summed E-state index contributed by atoms with van der Waals surface area (Å²) < 4.78 is 42.5. The summed E-state index contributed by atoms with van der Waals surface area (Å²) in [6.45, 7) is 0.274. The van der Waals surface area contributed by atoms with Crippen LogP contribution in [0.2, 0.25) is 0 Å². The van der Waals surface area contributed by atoms with Crippen molar-refractivity contribution in [3.63, 3.8) is 0 Å². The third kappa shape index (κ3) is 5.01. The molecular formula is C17H18F3N3O3. The van der Waals surface area contributed by atoms with E-state index in [1.54, 1.807) is 12.2 Å². The number of nitrogens with one attached hydrogen (secondary N) is 3. The summed E-state index contributed by atoms with van der Waals surface area (Å²) in [5.74, 6) is -1.48. The van der Waals surface area contributed by atoms with Gasteiger partial charge in [-0.2, -0.15) is 13.2 Å². The molecule has 0 spiro atoms. The molecule has 0 fully saturated rings. The van der Waals surface area contributed by atoms with Gasteiger partial charge in [-0.1, -0.05) is 30.3 Å². The Kier molecular flexibility index (Phi) is 5.91. The molecule has 0 unspecified atom stereocenters. The molecule has 2 aromatic rings. The van der Waals surface area contributed by atoms with E-state index < -0.39 is 30.6 Å². The molecule has 0 radical (unpaired) electrons. The molecule has 1 atom stereocenters. The van der Waals surface area contributed by atoms with Gasteiger partial charge >= 0.3 is 6.18 Å². The zero-order valence-corrected chi connectivity index (χ0v) is 14.1. The number of aromatic amines is 1. The maximum Gasteiger partial charge on any atom is 0.405 e. The number of aromatic nitrogens is 1. The molecular weight excluding hydrogens is 351 g/mol.